The largest absolute Gasteiger partial charge is 0.496 e. The highest BCUT2D eigenvalue weighted by Crippen LogP contribution is 2.37. The molecule has 22 heavy (non-hydrogen) atoms. The van der Waals surface area contributed by atoms with Crippen LogP contribution in [0.1, 0.15) is 23.4 Å². The van der Waals surface area contributed by atoms with Gasteiger partial charge in [-0.3, -0.25) is 5.32 Å². The zero-order valence-corrected chi connectivity index (χ0v) is 12.1. The number of benzene rings is 2. The van der Waals surface area contributed by atoms with Crippen molar-refractivity contribution in [1.82, 2.24) is 5.32 Å². The molecule has 0 bridgehead atoms. The molecule has 0 aromatic heterocycles. The molecule has 1 aliphatic rings. The number of hydrogen-bond donors (Lipinski definition) is 2. The Kier molecular flexibility index (Phi) is 4.09. The first-order valence-electron chi connectivity index (χ1n) is 7.03. The van der Waals surface area contributed by atoms with E-state index in [0.29, 0.717) is 5.75 Å². The summed E-state index contributed by atoms with van der Waals surface area (Å²) in [5.74, 6) is -0.323. The van der Waals surface area contributed by atoms with E-state index in [1.54, 1.807) is 7.11 Å². The van der Waals surface area contributed by atoms with Crippen molar-refractivity contribution in [2.75, 3.05) is 7.11 Å². The van der Waals surface area contributed by atoms with Crippen LogP contribution in [0.3, 0.4) is 0 Å². The number of methoxy groups -OCH3 is 1. The van der Waals surface area contributed by atoms with Crippen LogP contribution in [0.4, 0.5) is 0 Å². The predicted octanol–water partition coefficient (Wildman–Crippen LogP) is 2.51. The Bertz CT molecular complexity index is 659. The monoisotopic (exact) mass is 299 g/mol. The quantitative estimate of drug-likeness (QED) is 0.908. The highest BCUT2D eigenvalue weighted by Gasteiger charge is 2.41. The molecule has 1 fully saturated rings. The summed E-state index contributed by atoms with van der Waals surface area (Å²) in [4.78, 5) is 11.5. The average molecular weight is 299 g/mol. The molecule has 2 aromatic rings. The highest BCUT2D eigenvalue weighted by atomic mass is 16.5. The molecular weight excluding hydrogens is 282 g/mol. The van der Waals surface area contributed by atoms with Gasteiger partial charge in [0.1, 0.15) is 12.0 Å². The van der Waals surface area contributed by atoms with Gasteiger partial charge in [-0.05, 0) is 11.6 Å². The standard InChI is InChI=1S/C17H17NO4/c1-21-13-10-6-5-9-12(13)16-18-14(15(22-16)17(19)20)11-7-3-2-4-8-11/h2-10,14-16,18H,1H3,(H,19,20)/t14-,15+,16?/m0/s1. The maximum absolute atomic E-state index is 11.5. The van der Waals surface area contributed by atoms with Crippen LogP contribution >= 0.6 is 0 Å². The third-order valence-corrected chi connectivity index (χ3v) is 3.74. The van der Waals surface area contributed by atoms with E-state index >= 15 is 0 Å². The second-order valence-corrected chi connectivity index (χ2v) is 5.07. The number of rotatable bonds is 4. The molecule has 3 rings (SSSR count). The van der Waals surface area contributed by atoms with Gasteiger partial charge in [0, 0.05) is 5.56 Å². The summed E-state index contributed by atoms with van der Waals surface area (Å²) in [6, 6.07) is 16.5. The van der Waals surface area contributed by atoms with E-state index in [1.807, 2.05) is 54.6 Å². The molecule has 1 saturated heterocycles. The number of aliphatic carboxylic acids is 1. The van der Waals surface area contributed by atoms with E-state index in [1.165, 1.54) is 0 Å². The lowest BCUT2D eigenvalue weighted by Gasteiger charge is -2.15. The van der Waals surface area contributed by atoms with E-state index in [4.69, 9.17) is 9.47 Å². The molecule has 5 heteroatoms. The van der Waals surface area contributed by atoms with Gasteiger partial charge in [-0.2, -0.15) is 0 Å². The van der Waals surface area contributed by atoms with E-state index in [-0.39, 0.29) is 0 Å². The Morgan fingerprint density at radius 3 is 2.50 bits per heavy atom. The SMILES string of the molecule is COc1ccccc1C1N[C@@H](c2ccccc2)[C@H](C(=O)O)O1. The van der Waals surface area contributed by atoms with Crippen molar-refractivity contribution in [3.05, 3.63) is 65.7 Å². The predicted molar refractivity (Wildman–Crippen MR) is 80.6 cm³/mol. The second kappa shape index (κ2) is 6.17. The first kappa shape index (κ1) is 14.6. The molecule has 1 heterocycles. The van der Waals surface area contributed by atoms with Crippen LogP contribution in [0.5, 0.6) is 5.75 Å². The number of carbonyl (C=O) groups is 1. The first-order chi connectivity index (χ1) is 10.7. The fourth-order valence-electron chi connectivity index (χ4n) is 2.69. The van der Waals surface area contributed by atoms with Crippen molar-refractivity contribution in [3.63, 3.8) is 0 Å². The summed E-state index contributed by atoms with van der Waals surface area (Å²) in [5, 5.41) is 12.7. The summed E-state index contributed by atoms with van der Waals surface area (Å²) in [6.45, 7) is 0. The van der Waals surface area contributed by atoms with Crippen molar-refractivity contribution in [2.45, 2.75) is 18.4 Å². The fourth-order valence-corrected chi connectivity index (χ4v) is 2.69. The van der Waals surface area contributed by atoms with Crippen LogP contribution in [0.25, 0.3) is 0 Å². The average Bonchev–Trinajstić information content (AvgIpc) is 3.01. The third kappa shape index (κ3) is 2.68. The molecular formula is C17H17NO4. The molecule has 0 amide bonds. The van der Waals surface area contributed by atoms with Gasteiger partial charge in [0.2, 0.25) is 0 Å². The van der Waals surface area contributed by atoms with Gasteiger partial charge in [0.05, 0.1) is 13.2 Å². The van der Waals surface area contributed by atoms with E-state index in [0.717, 1.165) is 11.1 Å². The molecule has 5 nitrogen and oxygen atoms in total. The lowest BCUT2D eigenvalue weighted by molar-refractivity contribution is -0.150. The van der Waals surface area contributed by atoms with E-state index < -0.39 is 24.3 Å². The van der Waals surface area contributed by atoms with Gasteiger partial charge in [0.15, 0.2) is 6.10 Å². The molecule has 114 valence electrons. The minimum atomic E-state index is -0.987. The number of para-hydroxylation sites is 1. The number of ether oxygens (including phenoxy) is 2. The minimum absolute atomic E-state index is 0.409. The summed E-state index contributed by atoms with van der Waals surface area (Å²) in [5.41, 5.74) is 1.67. The number of carboxylic acids is 1. The van der Waals surface area contributed by atoms with Gasteiger partial charge >= 0.3 is 5.97 Å². The highest BCUT2D eigenvalue weighted by molar-refractivity contribution is 5.74. The summed E-state index contributed by atoms with van der Waals surface area (Å²) in [6.07, 6.45) is -1.47. The number of carboxylic acid groups (broad SMARTS) is 1. The molecule has 3 atom stereocenters. The van der Waals surface area contributed by atoms with E-state index in [2.05, 4.69) is 5.32 Å². The fraction of sp³-hybridized carbons (Fsp3) is 0.235. The first-order valence-corrected chi connectivity index (χ1v) is 7.03. The zero-order chi connectivity index (χ0) is 15.5. The summed E-state index contributed by atoms with van der Waals surface area (Å²) < 4.78 is 11.1. The minimum Gasteiger partial charge on any atom is -0.496 e. The van der Waals surface area contributed by atoms with Gasteiger partial charge in [-0.25, -0.2) is 4.79 Å². The smallest absolute Gasteiger partial charge is 0.334 e. The molecule has 0 radical (unpaired) electrons. The van der Waals surface area contributed by atoms with Crippen LogP contribution in [-0.2, 0) is 9.53 Å². The number of hydrogen-bond acceptors (Lipinski definition) is 4. The Morgan fingerprint density at radius 1 is 1.14 bits per heavy atom. The van der Waals surface area contributed by atoms with Crippen LogP contribution < -0.4 is 10.1 Å². The zero-order valence-electron chi connectivity index (χ0n) is 12.1. The van der Waals surface area contributed by atoms with Crippen LogP contribution in [0.15, 0.2) is 54.6 Å². The lowest BCUT2D eigenvalue weighted by Crippen LogP contribution is -2.28. The van der Waals surface area contributed by atoms with Gasteiger partial charge in [-0.1, -0.05) is 48.5 Å². The Hall–Kier alpha value is -2.37. The Morgan fingerprint density at radius 2 is 1.82 bits per heavy atom. The lowest BCUT2D eigenvalue weighted by atomic mass is 10.0. The van der Waals surface area contributed by atoms with Crippen molar-refractivity contribution in [1.29, 1.82) is 0 Å². The second-order valence-electron chi connectivity index (χ2n) is 5.07. The topological polar surface area (TPSA) is 67.8 Å². The molecule has 0 spiro atoms. The Labute approximate surface area is 128 Å². The molecule has 2 aromatic carbocycles. The Balaban J connectivity index is 1.92. The van der Waals surface area contributed by atoms with Crippen LogP contribution in [0, 0.1) is 0 Å². The molecule has 1 aliphatic heterocycles. The van der Waals surface area contributed by atoms with Gasteiger partial charge in [0.25, 0.3) is 0 Å². The van der Waals surface area contributed by atoms with Gasteiger partial charge < -0.3 is 14.6 Å². The van der Waals surface area contributed by atoms with Crippen LogP contribution in [0.2, 0.25) is 0 Å². The summed E-state index contributed by atoms with van der Waals surface area (Å²) in [7, 11) is 1.58. The van der Waals surface area contributed by atoms with Gasteiger partial charge in [-0.15, -0.1) is 0 Å². The molecule has 0 saturated carbocycles. The number of nitrogens with one attached hydrogen (secondary N) is 1. The molecule has 1 unspecified atom stereocenters. The maximum atomic E-state index is 11.5. The normalized spacial score (nSPS) is 24.1. The van der Waals surface area contributed by atoms with Crippen LogP contribution in [-0.4, -0.2) is 24.3 Å². The maximum Gasteiger partial charge on any atom is 0.334 e. The van der Waals surface area contributed by atoms with E-state index in [9.17, 15) is 9.90 Å². The molecule has 2 N–H and O–H groups in total. The summed E-state index contributed by atoms with van der Waals surface area (Å²) >= 11 is 0. The van der Waals surface area contributed by atoms with Crippen molar-refractivity contribution >= 4 is 5.97 Å². The third-order valence-electron chi connectivity index (χ3n) is 3.74. The molecule has 0 aliphatic carbocycles. The van der Waals surface area contributed by atoms with Crippen molar-refractivity contribution < 1.29 is 19.4 Å². The van der Waals surface area contributed by atoms with Crippen molar-refractivity contribution in [2.24, 2.45) is 0 Å². The van der Waals surface area contributed by atoms with Crippen molar-refractivity contribution in [3.8, 4) is 5.75 Å².